The fourth-order valence-electron chi connectivity index (χ4n) is 4.70. The molecule has 0 aliphatic rings. The van der Waals surface area contributed by atoms with Crippen LogP contribution in [0.2, 0.25) is 0 Å². The van der Waals surface area contributed by atoms with E-state index in [0.29, 0.717) is 46.2 Å². The molecule has 0 amide bonds. The van der Waals surface area contributed by atoms with Crippen LogP contribution in [0.1, 0.15) is 22.3 Å². The van der Waals surface area contributed by atoms with E-state index in [2.05, 4.69) is 0 Å². The van der Waals surface area contributed by atoms with Crippen LogP contribution in [0, 0.1) is 0 Å². The van der Waals surface area contributed by atoms with E-state index < -0.39 is 47.0 Å². The van der Waals surface area contributed by atoms with Gasteiger partial charge in [-0.25, -0.2) is 0 Å². The van der Waals surface area contributed by atoms with E-state index in [9.17, 15) is 52.7 Å². The Labute approximate surface area is 241 Å². The van der Waals surface area contributed by atoms with Crippen molar-refractivity contribution in [3.8, 4) is 33.4 Å². The molecule has 0 saturated heterocycles. The summed E-state index contributed by atoms with van der Waals surface area (Å²) in [6.45, 7) is 0. The van der Waals surface area contributed by atoms with Gasteiger partial charge >= 0.3 is 24.7 Å². The molecule has 12 heteroatoms. The van der Waals surface area contributed by atoms with Crippen LogP contribution in [-0.4, -0.2) is 0 Å². The van der Waals surface area contributed by atoms with Crippen LogP contribution in [0.25, 0.3) is 44.2 Å². The molecule has 0 N–H and O–H groups in total. The molecule has 0 atom stereocenters. The van der Waals surface area contributed by atoms with Crippen molar-refractivity contribution in [1.82, 2.24) is 0 Å². The molecular weight excluding hydrogens is 612 g/mol. The highest BCUT2D eigenvalue weighted by molar-refractivity contribution is 5.91. The molecule has 0 unspecified atom stereocenters. The van der Waals surface area contributed by atoms with Crippen LogP contribution in [0.15, 0.2) is 97.1 Å². The fraction of sp³-hybridized carbons (Fsp3) is 0.125. The maximum absolute atomic E-state index is 13.3. The van der Waals surface area contributed by atoms with Crippen LogP contribution in [0.4, 0.5) is 52.7 Å². The van der Waals surface area contributed by atoms with Crippen LogP contribution in [0.3, 0.4) is 0 Å². The molecule has 5 rings (SSSR count). The first-order valence-corrected chi connectivity index (χ1v) is 12.5. The maximum Gasteiger partial charge on any atom is 0.416 e. The van der Waals surface area contributed by atoms with Gasteiger partial charge < -0.3 is 0 Å². The topological polar surface area (TPSA) is 0 Å². The Morgan fingerprint density at radius 1 is 0.250 bits per heavy atom. The van der Waals surface area contributed by atoms with E-state index in [-0.39, 0.29) is 34.4 Å². The van der Waals surface area contributed by atoms with Gasteiger partial charge in [0, 0.05) is 0 Å². The minimum Gasteiger partial charge on any atom is -0.166 e. The summed E-state index contributed by atoms with van der Waals surface area (Å²) in [6, 6.07) is 17.5. The van der Waals surface area contributed by atoms with Gasteiger partial charge in [0.1, 0.15) is 0 Å². The number of halogens is 12. The zero-order valence-corrected chi connectivity index (χ0v) is 21.8. The normalized spacial score (nSPS) is 13.0. The average Bonchev–Trinajstić information content (AvgIpc) is 2.94. The number of alkyl halides is 12. The molecule has 0 spiro atoms. The van der Waals surface area contributed by atoms with Gasteiger partial charge in [0.15, 0.2) is 0 Å². The Kier molecular flexibility index (Phi) is 7.46. The largest absolute Gasteiger partial charge is 0.416 e. The maximum atomic E-state index is 13.3. The quantitative estimate of drug-likeness (QED) is 0.175. The molecule has 44 heavy (non-hydrogen) atoms. The summed E-state index contributed by atoms with van der Waals surface area (Å²) in [5, 5.41) is 1.07. The van der Waals surface area contributed by atoms with Gasteiger partial charge in [0.25, 0.3) is 0 Å². The third-order valence-electron chi connectivity index (χ3n) is 6.90. The molecule has 228 valence electrons. The van der Waals surface area contributed by atoms with Crippen molar-refractivity contribution in [3.63, 3.8) is 0 Å². The second kappa shape index (κ2) is 10.6. The Morgan fingerprint density at radius 2 is 0.500 bits per heavy atom. The molecule has 0 aliphatic carbocycles. The Balaban J connectivity index is 1.48. The van der Waals surface area contributed by atoms with Gasteiger partial charge in [-0.3, -0.25) is 0 Å². The predicted molar refractivity (Wildman–Crippen MR) is 140 cm³/mol. The van der Waals surface area contributed by atoms with Crippen molar-refractivity contribution in [3.05, 3.63) is 119 Å². The molecule has 5 aromatic rings. The first-order valence-electron chi connectivity index (χ1n) is 12.5. The lowest BCUT2D eigenvalue weighted by molar-refractivity contribution is -0.144. The van der Waals surface area contributed by atoms with Gasteiger partial charge in [0.2, 0.25) is 0 Å². The smallest absolute Gasteiger partial charge is 0.166 e. The highest BCUT2D eigenvalue weighted by atomic mass is 19.4. The monoisotopic (exact) mass is 628 g/mol. The second-order valence-corrected chi connectivity index (χ2v) is 9.94. The van der Waals surface area contributed by atoms with Crippen LogP contribution in [-0.2, 0) is 24.7 Å². The summed E-state index contributed by atoms with van der Waals surface area (Å²) in [6.07, 6.45) is -20.0. The molecule has 0 saturated carbocycles. The van der Waals surface area contributed by atoms with Gasteiger partial charge in [-0.15, -0.1) is 0 Å². The highest BCUT2D eigenvalue weighted by Gasteiger charge is 2.38. The van der Waals surface area contributed by atoms with E-state index in [1.165, 1.54) is 42.5 Å². The van der Waals surface area contributed by atoms with E-state index in [1.807, 2.05) is 0 Å². The Morgan fingerprint density at radius 3 is 0.818 bits per heavy atom. The van der Waals surface area contributed by atoms with Crippen molar-refractivity contribution < 1.29 is 52.7 Å². The average molecular weight is 628 g/mol. The predicted octanol–water partition coefficient (Wildman–Crippen LogP) is 11.9. The first-order chi connectivity index (χ1) is 20.3. The summed E-state index contributed by atoms with van der Waals surface area (Å²) in [5.74, 6) is 0. The fourth-order valence-corrected chi connectivity index (χ4v) is 4.70. The molecule has 0 aliphatic heterocycles. The lowest BCUT2D eigenvalue weighted by Crippen LogP contribution is -2.11. The van der Waals surface area contributed by atoms with E-state index in [4.69, 9.17) is 0 Å². The van der Waals surface area contributed by atoms with E-state index >= 15 is 0 Å². The van der Waals surface area contributed by atoms with Gasteiger partial charge in [-0.05, 0) is 92.7 Å². The molecule has 0 nitrogen and oxygen atoms in total. The minimum atomic E-state index is -5.00. The van der Waals surface area contributed by atoms with Gasteiger partial charge in [-0.1, -0.05) is 48.5 Å². The lowest BCUT2D eigenvalue weighted by atomic mass is 9.94. The summed E-state index contributed by atoms with van der Waals surface area (Å²) in [7, 11) is 0. The first kappa shape index (κ1) is 31.0. The summed E-state index contributed by atoms with van der Waals surface area (Å²) >= 11 is 0. The van der Waals surface area contributed by atoms with Crippen molar-refractivity contribution in [2.45, 2.75) is 24.7 Å². The summed E-state index contributed by atoms with van der Waals surface area (Å²) < 4.78 is 159. The van der Waals surface area contributed by atoms with Crippen LogP contribution in [0.5, 0.6) is 0 Å². The molecule has 0 bridgehead atoms. The number of benzene rings is 5. The van der Waals surface area contributed by atoms with E-state index in [1.54, 1.807) is 18.2 Å². The van der Waals surface area contributed by atoms with Crippen molar-refractivity contribution in [2.24, 2.45) is 0 Å². The van der Waals surface area contributed by atoms with Crippen molar-refractivity contribution >= 4 is 10.8 Å². The minimum absolute atomic E-state index is 0.0423. The van der Waals surface area contributed by atoms with Crippen LogP contribution >= 0.6 is 0 Å². The Hall–Kier alpha value is -4.48. The molecule has 0 fully saturated rings. The number of rotatable bonds is 3. The molecule has 0 heterocycles. The van der Waals surface area contributed by atoms with Crippen LogP contribution < -0.4 is 0 Å². The number of fused-ring (bicyclic) bond motifs is 1. The second-order valence-electron chi connectivity index (χ2n) is 9.94. The van der Waals surface area contributed by atoms with Gasteiger partial charge in [0.05, 0.1) is 22.3 Å². The number of hydrogen-bond donors (Lipinski definition) is 0. The molecular formula is C32H16F12. The zero-order valence-electron chi connectivity index (χ0n) is 21.8. The van der Waals surface area contributed by atoms with E-state index in [0.717, 1.165) is 0 Å². The zero-order chi connectivity index (χ0) is 32.2. The highest BCUT2D eigenvalue weighted by Crippen LogP contribution is 2.41. The standard InChI is InChI=1S/C32H16F12/c33-29(34,35)25-11-23(12-26(15-25)30(36,37)38)18-3-1-17(2-4-18)19-5-6-21-10-22(8-7-20(21)9-19)24-13-27(31(39,40)41)16-28(14-24)32(42,43)44/h1-16H. The van der Waals surface area contributed by atoms with Crippen molar-refractivity contribution in [1.29, 1.82) is 0 Å². The lowest BCUT2D eigenvalue weighted by Gasteiger charge is -2.15. The number of hydrogen-bond acceptors (Lipinski definition) is 0. The third-order valence-corrected chi connectivity index (χ3v) is 6.90. The summed E-state index contributed by atoms with van der Waals surface area (Å²) in [4.78, 5) is 0. The summed E-state index contributed by atoms with van der Waals surface area (Å²) in [5.41, 5.74) is -4.97. The SMILES string of the molecule is FC(F)(F)c1cc(-c2ccc(-c3ccc4cc(-c5cc(C(F)(F)F)cc(C(F)(F)F)c5)ccc4c3)cc2)cc(C(F)(F)F)c1. The van der Waals surface area contributed by atoms with Gasteiger partial charge in [-0.2, -0.15) is 52.7 Å². The van der Waals surface area contributed by atoms with Crippen molar-refractivity contribution in [2.75, 3.05) is 0 Å². The molecule has 0 radical (unpaired) electrons. The third kappa shape index (κ3) is 6.53. The molecule has 5 aromatic carbocycles. The molecule has 0 aromatic heterocycles. The Bertz CT molecular complexity index is 1770.